The number of amides is 1. The number of ether oxygens (including phenoxy) is 2. The summed E-state index contributed by atoms with van der Waals surface area (Å²) in [5.74, 6) is 0.588. The van der Waals surface area contributed by atoms with Crippen LogP contribution in [0.15, 0.2) is 24.3 Å². The van der Waals surface area contributed by atoms with Crippen molar-refractivity contribution in [3.05, 3.63) is 29.8 Å². The Morgan fingerprint density at radius 3 is 2.69 bits per heavy atom. The van der Waals surface area contributed by atoms with E-state index in [0.29, 0.717) is 24.5 Å². The second-order valence-corrected chi connectivity index (χ2v) is 3.81. The van der Waals surface area contributed by atoms with Crippen LogP contribution in [-0.2, 0) is 4.74 Å². The van der Waals surface area contributed by atoms with Gasteiger partial charge in [0.15, 0.2) is 0 Å². The van der Waals surface area contributed by atoms with E-state index in [4.69, 9.17) is 9.47 Å². The molecular formula is C12H15NO3. The minimum atomic E-state index is -0.0225. The molecule has 0 N–H and O–H groups in total. The summed E-state index contributed by atoms with van der Waals surface area (Å²) in [5, 5.41) is 0. The fraction of sp³-hybridized carbons (Fsp3) is 0.417. The van der Waals surface area contributed by atoms with Crippen LogP contribution in [0.3, 0.4) is 0 Å². The van der Waals surface area contributed by atoms with Crippen molar-refractivity contribution in [3.8, 4) is 5.75 Å². The first-order valence-electron chi connectivity index (χ1n) is 5.22. The largest absolute Gasteiger partial charge is 0.496 e. The van der Waals surface area contributed by atoms with Crippen molar-refractivity contribution in [3.63, 3.8) is 0 Å². The average molecular weight is 221 g/mol. The van der Waals surface area contributed by atoms with Crippen LogP contribution in [0.4, 0.5) is 0 Å². The summed E-state index contributed by atoms with van der Waals surface area (Å²) in [7, 11) is 3.36. The second kappa shape index (κ2) is 4.53. The molecule has 0 atom stereocenters. The van der Waals surface area contributed by atoms with Gasteiger partial charge in [0, 0.05) is 7.05 Å². The third kappa shape index (κ3) is 1.88. The molecule has 0 bridgehead atoms. The van der Waals surface area contributed by atoms with Crippen LogP contribution in [-0.4, -0.2) is 44.2 Å². The van der Waals surface area contributed by atoms with E-state index in [1.54, 1.807) is 31.2 Å². The number of methoxy groups -OCH3 is 1. The predicted molar refractivity (Wildman–Crippen MR) is 59.7 cm³/mol. The second-order valence-electron chi connectivity index (χ2n) is 3.81. The van der Waals surface area contributed by atoms with Gasteiger partial charge < -0.3 is 14.4 Å². The lowest BCUT2D eigenvalue weighted by molar-refractivity contribution is -0.0468. The van der Waals surface area contributed by atoms with Gasteiger partial charge in [-0.3, -0.25) is 4.79 Å². The molecule has 1 aromatic rings. The summed E-state index contributed by atoms with van der Waals surface area (Å²) < 4.78 is 10.2. The third-order valence-corrected chi connectivity index (χ3v) is 2.83. The SMILES string of the molecule is COc1ccccc1C(=O)N(C)C1COC1. The first-order valence-corrected chi connectivity index (χ1v) is 5.22. The molecule has 0 spiro atoms. The molecule has 4 nitrogen and oxygen atoms in total. The number of carbonyl (C=O) groups excluding carboxylic acids is 1. The van der Waals surface area contributed by atoms with E-state index in [1.807, 2.05) is 12.1 Å². The lowest BCUT2D eigenvalue weighted by Gasteiger charge is -2.34. The normalized spacial score (nSPS) is 15.4. The number of likely N-dealkylation sites (N-methyl/N-ethyl adjacent to an activating group) is 1. The Kier molecular flexibility index (Phi) is 3.10. The molecule has 0 aliphatic carbocycles. The Balaban J connectivity index is 2.19. The third-order valence-electron chi connectivity index (χ3n) is 2.83. The van der Waals surface area contributed by atoms with Crippen LogP contribution in [0.25, 0.3) is 0 Å². The Morgan fingerprint density at radius 1 is 1.44 bits per heavy atom. The van der Waals surface area contributed by atoms with Crippen molar-refractivity contribution < 1.29 is 14.3 Å². The summed E-state index contributed by atoms with van der Waals surface area (Å²) in [5.41, 5.74) is 0.597. The topological polar surface area (TPSA) is 38.8 Å². The minimum absolute atomic E-state index is 0.0225. The van der Waals surface area contributed by atoms with E-state index in [-0.39, 0.29) is 11.9 Å². The number of hydrogen-bond donors (Lipinski definition) is 0. The Hall–Kier alpha value is -1.55. The first kappa shape index (κ1) is 11.0. The average Bonchev–Trinajstić information content (AvgIpc) is 2.25. The van der Waals surface area contributed by atoms with Crippen LogP contribution in [0.5, 0.6) is 5.75 Å². The Labute approximate surface area is 94.8 Å². The summed E-state index contributed by atoms with van der Waals surface area (Å²) in [6.45, 7) is 1.24. The number of carbonyl (C=O) groups is 1. The van der Waals surface area contributed by atoms with Crippen molar-refractivity contribution >= 4 is 5.91 Å². The number of rotatable bonds is 3. The van der Waals surface area contributed by atoms with E-state index in [0.717, 1.165) is 0 Å². The van der Waals surface area contributed by atoms with Gasteiger partial charge in [-0.1, -0.05) is 12.1 Å². The Bertz CT molecular complexity index is 388. The van der Waals surface area contributed by atoms with Crippen LogP contribution in [0.2, 0.25) is 0 Å². The molecule has 0 saturated carbocycles. The van der Waals surface area contributed by atoms with E-state index in [2.05, 4.69) is 0 Å². The quantitative estimate of drug-likeness (QED) is 0.769. The summed E-state index contributed by atoms with van der Waals surface area (Å²) in [4.78, 5) is 13.9. The minimum Gasteiger partial charge on any atom is -0.496 e. The number of para-hydroxylation sites is 1. The maximum Gasteiger partial charge on any atom is 0.257 e. The highest BCUT2D eigenvalue weighted by Crippen LogP contribution is 2.21. The zero-order chi connectivity index (χ0) is 11.5. The van der Waals surface area contributed by atoms with Gasteiger partial charge in [-0.2, -0.15) is 0 Å². The molecule has 4 heteroatoms. The number of benzene rings is 1. The van der Waals surface area contributed by atoms with Crippen molar-refractivity contribution in [1.82, 2.24) is 4.90 Å². The molecule has 1 saturated heterocycles. The lowest BCUT2D eigenvalue weighted by atomic mass is 10.1. The summed E-state index contributed by atoms with van der Waals surface area (Å²) in [6, 6.07) is 7.44. The van der Waals surface area contributed by atoms with Crippen molar-refractivity contribution in [2.45, 2.75) is 6.04 Å². The zero-order valence-electron chi connectivity index (χ0n) is 9.47. The van der Waals surface area contributed by atoms with Gasteiger partial charge in [-0.25, -0.2) is 0 Å². The van der Waals surface area contributed by atoms with Gasteiger partial charge in [0.1, 0.15) is 5.75 Å². The monoisotopic (exact) mass is 221 g/mol. The molecule has 1 aliphatic rings. The van der Waals surface area contributed by atoms with Crippen molar-refractivity contribution in [2.75, 3.05) is 27.4 Å². The van der Waals surface area contributed by atoms with E-state index in [1.165, 1.54) is 0 Å². The lowest BCUT2D eigenvalue weighted by Crippen LogP contribution is -2.49. The van der Waals surface area contributed by atoms with Crippen LogP contribution < -0.4 is 4.74 Å². The van der Waals surface area contributed by atoms with E-state index < -0.39 is 0 Å². The molecule has 86 valence electrons. The fourth-order valence-electron chi connectivity index (χ4n) is 1.62. The van der Waals surface area contributed by atoms with Gasteiger partial charge in [-0.15, -0.1) is 0 Å². The molecule has 1 heterocycles. The molecular weight excluding hydrogens is 206 g/mol. The smallest absolute Gasteiger partial charge is 0.257 e. The van der Waals surface area contributed by atoms with Gasteiger partial charge >= 0.3 is 0 Å². The molecule has 1 aromatic carbocycles. The summed E-state index contributed by atoms with van der Waals surface area (Å²) in [6.07, 6.45) is 0. The fourth-order valence-corrected chi connectivity index (χ4v) is 1.62. The highest BCUT2D eigenvalue weighted by Gasteiger charge is 2.28. The van der Waals surface area contributed by atoms with E-state index >= 15 is 0 Å². The highest BCUT2D eigenvalue weighted by atomic mass is 16.5. The molecule has 0 aromatic heterocycles. The van der Waals surface area contributed by atoms with Gasteiger partial charge in [0.25, 0.3) is 5.91 Å². The van der Waals surface area contributed by atoms with Crippen LogP contribution in [0.1, 0.15) is 10.4 Å². The van der Waals surface area contributed by atoms with Crippen molar-refractivity contribution in [1.29, 1.82) is 0 Å². The number of hydrogen-bond acceptors (Lipinski definition) is 3. The Morgan fingerprint density at radius 2 is 2.12 bits per heavy atom. The van der Waals surface area contributed by atoms with Crippen molar-refractivity contribution in [2.24, 2.45) is 0 Å². The maximum absolute atomic E-state index is 12.1. The molecule has 1 amide bonds. The predicted octanol–water partition coefficient (Wildman–Crippen LogP) is 1.17. The standard InChI is InChI=1S/C12H15NO3/c1-13(9-7-16-8-9)12(14)10-5-3-4-6-11(10)15-2/h3-6,9H,7-8H2,1-2H3. The number of nitrogens with zero attached hydrogens (tertiary/aromatic N) is 1. The van der Waals surface area contributed by atoms with Gasteiger partial charge in [0.2, 0.25) is 0 Å². The molecule has 1 aliphatic heterocycles. The molecule has 0 unspecified atom stereocenters. The molecule has 1 fully saturated rings. The maximum atomic E-state index is 12.1. The summed E-state index contributed by atoms with van der Waals surface area (Å²) >= 11 is 0. The van der Waals surface area contributed by atoms with Gasteiger partial charge in [0.05, 0.1) is 31.9 Å². The van der Waals surface area contributed by atoms with Crippen LogP contribution >= 0.6 is 0 Å². The molecule has 16 heavy (non-hydrogen) atoms. The molecule has 0 radical (unpaired) electrons. The molecule has 2 rings (SSSR count). The first-order chi connectivity index (χ1) is 7.74. The highest BCUT2D eigenvalue weighted by molar-refractivity contribution is 5.97. The van der Waals surface area contributed by atoms with E-state index in [9.17, 15) is 4.79 Å². The van der Waals surface area contributed by atoms with Gasteiger partial charge in [-0.05, 0) is 12.1 Å². The zero-order valence-corrected chi connectivity index (χ0v) is 9.47. The van der Waals surface area contributed by atoms with Crippen LogP contribution in [0, 0.1) is 0 Å².